The number of carboxylic acids is 1. The third kappa shape index (κ3) is 18.0. The zero-order valence-electron chi connectivity index (χ0n) is 29.3. The van der Waals surface area contributed by atoms with Crippen LogP contribution in [0.15, 0.2) is 0 Å². The van der Waals surface area contributed by atoms with Crippen LogP contribution < -0.4 is 43.0 Å². The average Bonchev–Trinajstić information content (AvgIpc) is 3.07. The Balaban J connectivity index is 3.48. The van der Waals surface area contributed by atoms with Gasteiger partial charge in [-0.25, -0.2) is 0 Å². The van der Waals surface area contributed by atoms with Gasteiger partial charge in [-0.1, -0.05) is 6.42 Å². The predicted molar refractivity (Wildman–Crippen MR) is 187 cm³/mol. The molecule has 0 aliphatic carbocycles. The van der Waals surface area contributed by atoms with Gasteiger partial charge in [0.25, 0.3) is 0 Å². The molecule has 288 valence electrons. The maximum absolute atomic E-state index is 13.7. The molecule has 0 aromatic heterocycles. The molecule has 51 heavy (non-hydrogen) atoms. The molecule has 1 fully saturated rings. The highest BCUT2D eigenvalue weighted by atomic mass is 32.2. The zero-order chi connectivity index (χ0) is 38.5. The highest BCUT2D eigenvalue weighted by Crippen LogP contribution is 2.09. The Bertz CT molecular complexity index is 1250. The quantitative estimate of drug-likeness (QED) is 0.0435. The summed E-state index contributed by atoms with van der Waals surface area (Å²) in [7, 11) is 0. The van der Waals surface area contributed by atoms with Crippen molar-refractivity contribution in [3.05, 3.63) is 0 Å². The number of carbonyl (C=O) groups is 8. The van der Waals surface area contributed by atoms with Crippen molar-refractivity contribution in [3.8, 4) is 0 Å². The van der Waals surface area contributed by atoms with Crippen molar-refractivity contribution in [2.45, 2.75) is 108 Å². The van der Waals surface area contributed by atoms with Gasteiger partial charge in [-0.15, -0.1) is 0 Å². The zero-order valence-corrected chi connectivity index (χ0v) is 30.1. The van der Waals surface area contributed by atoms with Gasteiger partial charge >= 0.3 is 5.97 Å². The Morgan fingerprint density at radius 1 is 0.902 bits per heavy atom. The molecule has 20 heteroatoms. The maximum atomic E-state index is 13.7. The topological polar surface area (TPSA) is 311 Å². The van der Waals surface area contributed by atoms with Gasteiger partial charge in [0.15, 0.2) is 5.96 Å². The Kier molecular flexibility index (Phi) is 21.0. The summed E-state index contributed by atoms with van der Waals surface area (Å²) in [4.78, 5) is 103. The van der Waals surface area contributed by atoms with Crippen LogP contribution in [0.3, 0.4) is 0 Å². The van der Waals surface area contributed by atoms with Gasteiger partial charge in [0.05, 0.1) is 24.7 Å². The molecular formula is C31H53N9O10S. The Hall–Kier alpha value is -4.30. The van der Waals surface area contributed by atoms with Crippen LogP contribution in [0.25, 0.3) is 0 Å². The number of rotatable bonds is 11. The number of hydrogen-bond donors (Lipinski definition) is 11. The number of nitrogens with two attached hydrogens (primary N) is 1. The maximum Gasteiger partial charge on any atom is 0.303 e. The van der Waals surface area contributed by atoms with Crippen molar-refractivity contribution in [3.63, 3.8) is 0 Å². The van der Waals surface area contributed by atoms with E-state index in [-0.39, 0.29) is 38.2 Å². The van der Waals surface area contributed by atoms with Crippen LogP contribution in [0.1, 0.15) is 71.6 Å². The van der Waals surface area contributed by atoms with Crippen molar-refractivity contribution in [1.29, 1.82) is 5.41 Å². The van der Waals surface area contributed by atoms with Crippen molar-refractivity contribution >= 4 is 64.8 Å². The number of carbonyl (C=O) groups excluding carboxylic acids is 7. The smallest absolute Gasteiger partial charge is 0.303 e. The standard InChI is InChI=1S/C31H53N9O10S/c1-17-26(46)27(47)19(12-15-51-3)37-28(48)20(8-7-14-35-31(32)33)38-29(49)21(10-11-24(44)45)39-30(50)25(18(2)41)40-23(43)16-36-22(42)9-5-4-6-13-34-17/h17-21,25,34,41H,4-16H2,1-3H3,(H,36,42)(H,37,48)(H,38,49)(H,39,50)(H,40,43)(H,44,45)(H4,32,33,35)/t17?,18-,19?,20+,21?,25+/m1/s1. The Labute approximate surface area is 301 Å². The second kappa shape index (κ2) is 24.0. The average molecular weight is 744 g/mol. The van der Waals surface area contributed by atoms with Crippen molar-refractivity contribution in [2.75, 3.05) is 31.6 Å². The minimum atomic E-state index is -1.60. The van der Waals surface area contributed by atoms with Crippen LogP contribution in [-0.4, -0.2) is 131 Å². The number of aliphatic carboxylic acids is 1. The molecule has 0 spiro atoms. The van der Waals surface area contributed by atoms with Crippen LogP contribution in [0, 0.1) is 5.41 Å². The number of Topliss-reactive ketones (excluding diaryl/α,β-unsaturated/α-hetero) is 2. The van der Waals surface area contributed by atoms with E-state index in [1.807, 2.05) is 0 Å². The van der Waals surface area contributed by atoms with Crippen LogP contribution in [0.2, 0.25) is 0 Å². The molecule has 1 heterocycles. The summed E-state index contributed by atoms with van der Waals surface area (Å²) in [6.45, 7) is 2.70. The molecule has 0 aromatic carbocycles. The summed E-state index contributed by atoms with van der Waals surface area (Å²) in [5, 5.41) is 44.6. The number of hydrogen-bond acceptors (Lipinski definition) is 12. The SMILES string of the molecule is CSCCC1NC(=O)[C@H](CCCNC(=N)N)NC(=O)C(CCC(=O)O)NC(=O)[C@H]([C@@H](C)O)NC(=O)CNC(=O)CCCCCNC(C)C(=O)C1=O. The molecule has 0 aromatic rings. The molecule has 0 saturated carbocycles. The lowest BCUT2D eigenvalue weighted by Gasteiger charge is -2.27. The Morgan fingerprint density at radius 2 is 1.53 bits per heavy atom. The van der Waals surface area contributed by atoms with E-state index in [0.717, 1.165) is 0 Å². The first kappa shape index (κ1) is 44.7. The van der Waals surface area contributed by atoms with Gasteiger partial charge in [0.2, 0.25) is 41.1 Å². The van der Waals surface area contributed by atoms with Gasteiger partial charge in [0, 0.05) is 19.4 Å². The van der Waals surface area contributed by atoms with E-state index in [1.165, 1.54) is 25.6 Å². The molecule has 5 amide bonds. The van der Waals surface area contributed by atoms with E-state index in [1.54, 1.807) is 6.26 Å². The molecule has 6 atom stereocenters. The van der Waals surface area contributed by atoms with Gasteiger partial charge < -0.3 is 53.2 Å². The predicted octanol–water partition coefficient (Wildman–Crippen LogP) is -3.01. The second-order valence-electron chi connectivity index (χ2n) is 12.2. The number of ketones is 2. The van der Waals surface area contributed by atoms with E-state index in [2.05, 4.69) is 37.2 Å². The summed E-state index contributed by atoms with van der Waals surface area (Å²) in [5.41, 5.74) is 5.33. The number of carboxylic acid groups (broad SMARTS) is 1. The summed E-state index contributed by atoms with van der Waals surface area (Å²) in [6.07, 6.45) is 1.21. The Morgan fingerprint density at radius 3 is 2.14 bits per heavy atom. The summed E-state index contributed by atoms with van der Waals surface area (Å²) < 4.78 is 0. The van der Waals surface area contributed by atoms with Gasteiger partial charge in [0.1, 0.15) is 18.1 Å². The van der Waals surface area contributed by atoms with E-state index >= 15 is 0 Å². The molecule has 1 rings (SSSR count). The third-order valence-corrected chi connectivity index (χ3v) is 8.48. The fraction of sp³-hybridized carbons (Fsp3) is 0.710. The van der Waals surface area contributed by atoms with E-state index in [0.29, 0.717) is 31.6 Å². The normalized spacial score (nSPS) is 24.9. The van der Waals surface area contributed by atoms with E-state index in [9.17, 15) is 48.6 Å². The van der Waals surface area contributed by atoms with Crippen LogP contribution in [-0.2, 0) is 38.4 Å². The minimum absolute atomic E-state index is 0.0646. The van der Waals surface area contributed by atoms with Crippen LogP contribution >= 0.6 is 11.8 Å². The highest BCUT2D eigenvalue weighted by molar-refractivity contribution is 7.98. The molecule has 1 saturated heterocycles. The molecule has 0 radical (unpaired) electrons. The summed E-state index contributed by atoms with van der Waals surface area (Å²) in [5.74, 6) is -6.93. The third-order valence-electron chi connectivity index (χ3n) is 7.84. The van der Waals surface area contributed by atoms with Gasteiger partial charge in [-0.05, 0) is 70.9 Å². The fourth-order valence-electron chi connectivity index (χ4n) is 4.93. The minimum Gasteiger partial charge on any atom is -0.481 e. The molecule has 1 aliphatic heterocycles. The summed E-state index contributed by atoms with van der Waals surface area (Å²) in [6, 6.07) is -6.64. The lowest BCUT2D eigenvalue weighted by atomic mass is 10.0. The number of aliphatic hydroxyl groups excluding tert-OH is 1. The molecule has 0 bridgehead atoms. The number of thioether (sulfide) groups is 1. The fourth-order valence-corrected chi connectivity index (χ4v) is 5.40. The first-order valence-corrected chi connectivity index (χ1v) is 18.2. The van der Waals surface area contributed by atoms with Crippen LogP contribution in [0.4, 0.5) is 0 Å². The molecule has 19 nitrogen and oxygen atoms in total. The molecule has 1 aliphatic rings. The lowest BCUT2D eigenvalue weighted by Crippen LogP contribution is -2.60. The number of guanidine groups is 1. The number of nitrogens with one attached hydrogen (secondary N) is 8. The van der Waals surface area contributed by atoms with Gasteiger partial charge in [-0.2, -0.15) is 11.8 Å². The van der Waals surface area contributed by atoms with Crippen molar-refractivity contribution < 1.29 is 48.6 Å². The van der Waals surface area contributed by atoms with Crippen molar-refractivity contribution in [1.82, 2.24) is 37.2 Å². The number of amides is 5. The van der Waals surface area contributed by atoms with Crippen molar-refractivity contribution in [2.24, 2.45) is 5.73 Å². The first-order valence-electron chi connectivity index (χ1n) is 16.8. The second-order valence-corrected chi connectivity index (χ2v) is 13.1. The summed E-state index contributed by atoms with van der Waals surface area (Å²) >= 11 is 1.38. The molecule has 3 unspecified atom stereocenters. The number of aliphatic hydroxyl groups is 1. The molecular weight excluding hydrogens is 690 g/mol. The first-order chi connectivity index (χ1) is 24.1. The van der Waals surface area contributed by atoms with Crippen LogP contribution in [0.5, 0.6) is 0 Å². The highest BCUT2D eigenvalue weighted by Gasteiger charge is 2.34. The van der Waals surface area contributed by atoms with E-state index in [4.69, 9.17) is 11.1 Å². The van der Waals surface area contributed by atoms with E-state index < -0.39 is 103 Å². The van der Waals surface area contributed by atoms with Gasteiger partial charge in [-0.3, -0.25) is 43.8 Å². The lowest BCUT2D eigenvalue weighted by molar-refractivity contribution is -0.140. The molecule has 12 N–H and O–H groups in total. The largest absolute Gasteiger partial charge is 0.481 e. The monoisotopic (exact) mass is 743 g/mol.